The van der Waals surface area contributed by atoms with E-state index in [9.17, 15) is 5.26 Å². The lowest BCUT2D eigenvalue weighted by atomic mass is 9.84. The Balaban J connectivity index is 1.68. The molecule has 1 aliphatic rings. The highest BCUT2D eigenvalue weighted by Crippen LogP contribution is 2.45. The average molecular weight is 410 g/mol. The van der Waals surface area contributed by atoms with Crippen molar-refractivity contribution in [3.63, 3.8) is 0 Å². The molecule has 0 spiro atoms. The monoisotopic (exact) mass is 410 g/mol. The van der Waals surface area contributed by atoms with Gasteiger partial charge in [0.15, 0.2) is 5.82 Å². The van der Waals surface area contributed by atoms with Crippen LogP contribution in [0.3, 0.4) is 0 Å². The van der Waals surface area contributed by atoms with Gasteiger partial charge in [0.2, 0.25) is 11.8 Å². The second-order valence-electron chi connectivity index (χ2n) is 7.12. The van der Waals surface area contributed by atoms with E-state index in [1.807, 2.05) is 42.0 Å². The highest BCUT2D eigenvalue weighted by Gasteiger charge is 2.37. The molecule has 152 valence electrons. The first-order valence-corrected chi connectivity index (χ1v) is 9.60. The van der Waals surface area contributed by atoms with Gasteiger partial charge in [-0.05, 0) is 30.7 Å². The first-order chi connectivity index (χ1) is 15.1. The molecule has 1 unspecified atom stereocenters. The van der Waals surface area contributed by atoms with Crippen LogP contribution in [-0.2, 0) is 7.05 Å². The average Bonchev–Trinajstić information content (AvgIpc) is 3.37. The Morgan fingerprint density at radius 2 is 1.84 bits per heavy atom. The summed E-state index contributed by atoms with van der Waals surface area (Å²) in [5.41, 5.74) is 9.57. The van der Waals surface area contributed by atoms with Gasteiger partial charge in [-0.2, -0.15) is 10.4 Å². The molecule has 31 heavy (non-hydrogen) atoms. The number of aryl methyl sites for hydroxylation is 2. The van der Waals surface area contributed by atoms with E-state index in [1.165, 1.54) is 0 Å². The molecule has 0 radical (unpaired) electrons. The van der Waals surface area contributed by atoms with Crippen molar-refractivity contribution in [3.05, 3.63) is 83.5 Å². The van der Waals surface area contributed by atoms with Gasteiger partial charge in [0.25, 0.3) is 0 Å². The van der Waals surface area contributed by atoms with Crippen molar-refractivity contribution in [3.8, 4) is 29.2 Å². The fourth-order valence-corrected chi connectivity index (χ4v) is 3.87. The van der Waals surface area contributed by atoms with Gasteiger partial charge in [-0.15, -0.1) is 0 Å². The van der Waals surface area contributed by atoms with Crippen molar-refractivity contribution in [1.29, 1.82) is 5.26 Å². The first kappa shape index (κ1) is 18.6. The summed E-state index contributed by atoms with van der Waals surface area (Å²) in [5, 5.41) is 14.5. The van der Waals surface area contributed by atoms with E-state index in [0.29, 0.717) is 28.5 Å². The minimum atomic E-state index is -0.459. The van der Waals surface area contributed by atoms with Crippen LogP contribution in [0.15, 0.2) is 66.6 Å². The normalized spacial score (nSPS) is 15.3. The van der Waals surface area contributed by atoms with Crippen molar-refractivity contribution < 1.29 is 4.74 Å². The molecule has 1 aliphatic heterocycles. The molecule has 4 aromatic rings. The van der Waals surface area contributed by atoms with Gasteiger partial charge in [0.1, 0.15) is 23.2 Å². The number of benzene rings is 1. The van der Waals surface area contributed by atoms with Gasteiger partial charge in [-0.25, -0.2) is 19.6 Å². The summed E-state index contributed by atoms with van der Waals surface area (Å²) in [6, 6.07) is 11.9. The molecule has 4 heterocycles. The van der Waals surface area contributed by atoms with Gasteiger partial charge in [-0.3, -0.25) is 0 Å². The molecule has 2 N–H and O–H groups in total. The maximum atomic E-state index is 9.89. The largest absolute Gasteiger partial charge is 0.422 e. The minimum Gasteiger partial charge on any atom is -0.422 e. The molecule has 0 bridgehead atoms. The smallest absolute Gasteiger partial charge is 0.224 e. The standard InChI is InChI=1S/C22H18N8O/c1-13-25-10-11-30(13)15-6-4-14(5-7-15)17-16(12-23)20(24)31-22-18(17)19(28-29(22)2)21-26-8-3-9-27-21/h3-11,17H,24H2,1-2H3. The Morgan fingerprint density at radius 3 is 2.48 bits per heavy atom. The Labute approximate surface area is 178 Å². The molecule has 1 atom stereocenters. The van der Waals surface area contributed by atoms with Crippen LogP contribution in [-0.4, -0.2) is 29.3 Å². The Hall–Kier alpha value is -4.45. The Kier molecular flexibility index (Phi) is 4.26. The van der Waals surface area contributed by atoms with Gasteiger partial charge < -0.3 is 15.0 Å². The van der Waals surface area contributed by atoms with Crippen LogP contribution in [0.25, 0.3) is 17.2 Å². The number of aromatic nitrogens is 6. The number of rotatable bonds is 3. The van der Waals surface area contributed by atoms with Crippen LogP contribution >= 0.6 is 0 Å². The molecule has 0 fully saturated rings. The third-order valence-electron chi connectivity index (χ3n) is 5.31. The van der Waals surface area contributed by atoms with E-state index in [0.717, 1.165) is 17.1 Å². The summed E-state index contributed by atoms with van der Waals surface area (Å²) in [6.45, 7) is 1.94. The number of fused-ring (bicyclic) bond motifs is 1. The number of hydrogen-bond donors (Lipinski definition) is 1. The molecule has 9 nitrogen and oxygen atoms in total. The zero-order valence-electron chi connectivity index (χ0n) is 16.9. The number of imidazole rings is 1. The third-order valence-corrected chi connectivity index (χ3v) is 5.31. The van der Waals surface area contributed by atoms with E-state index in [2.05, 4.69) is 26.1 Å². The van der Waals surface area contributed by atoms with Gasteiger partial charge in [-0.1, -0.05) is 12.1 Å². The summed E-state index contributed by atoms with van der Waals surface area (Å²) < 4.78 is 9.37. The summed E-state index contributed by atoms with van der Waals surface area (Å²) in [6.07, 6.45) is 6.97. The summed E-state index contributed by atoms with van der Waals surface area (Å²) >= 11 is 0. The lowest BCUT2D eigenvalue weighted by molar-refractivity contribution is 0.358. The van der Waals surface area contributed by atoms with Crippen molar-refractivity contribution in [2.75, 3.05) is 0 Å². The minimum absolute atomic E-state index is 0.0676. The maximum Gasteiger partial charge on any atom is 0.224 e. The molecule has 0 amide bonds. The predicted molar refractivity (Wildman–Crippen MR) is 112 cm³/mol. The van der Waals surface area contributed by atoms with Crippen LogP contribution in [0, 0.1) is 18.3 Å². The number of nitriles is 1. The van der Waals surface area contributed by atoms with Crippen molar-refractivity contribution in [2.45, 2.75) is 12.8 Å². The van der Waals surface area contributed by atoms with E-state index < -0.39 is 5.92 Å². The van der Waals surface area contributed by atoms with Gasteiger partial charge in [0, 0.05) is 37.5 Å². The zero-order chi connectivity index (χ0) is 21.5. The summed E-state index contributed by atoms with van der Waals surface area (Å²) in [5.74, 6) is 1.42. The Morgan fingerprint density at radius 1 is 1.10 bits per heavy atom. The fourth-order valence-electron chi connectivity index (χ4n) is 3.87. The lowest BCUT2D eigenvalue weighted by Crippen LogP contribution is -2.22. The molecular formula is C22H18N8O. The lowest BCUT2D eigenvalue weighted by Gasteiger charge is -2.24. The van der Waals surface area contributed by atoms with Crippen LogP contribution in [0.1, 0.15) is 22.9 Å². The third kappa shape index (κ3) is 2.93. The van der Waals surface area contributed by atoms with E-state index in [4.69, 9.17) is 10.5 Å². The molecule has 3 aromatic heterocycles. The molecule has 9 heteroatoms. The fraction of sp³-hybridized carbons (Fsp3) is 0.136. The number of nitrogens with two attached hydrogens (primary N) is 1. The van der Waals surface area contributed by atoms with Crippen LogP contribution < -0.4 is 10.5 Å². The Bertz CT molecular complexity index is 1340. The van der Waals surface area contributed by atoms with Crippen LogP contribution in [0.2, 0.25) is 0 Å². The van der Waals surface area contributed by atoms with Gasteiger partial charge in [0.05, 0.1) is 11.5 Å². The summed E-state index contributed by atoms with van der Waals surface area (Å²) in [4.78, 5) is 13.0. The van der Waals surface area contributed by atoms with Crippen molar-refractivity contribution in [2.24, 2.45) is 12.8 Å². The second kappa shape index (κ2) is 7.11. The second-order valence-corrected chi connectivity index (χ2v) is 7.12. The molecule has 0 aliphatic carbocycles. The number of ether oxygens (including phenoxy) is 1. The predicted octanol–water partition coefficient (Wildman–Crippen LogP) is 2.59. The molecule has 0 saturated heterocycles. The highest BCUT2D eigenvalue weighted by molar-refractivity contribution is 5.67. The van der Waals surface area contributed by atoms with Crippen molar-refractivity contribution in [1.82, 2.24) is 29.3 Å². The molecule has 0 saturated carbocycles. The zero-order valence-corrected chi connectivity index (χ0v) is 16.9. The molecule has 5 rings (SSSR count). The number of allylic oxidation sites excluding steroid dienone is 1. The topological polar surface area (TPSA) is 120 Å². The highest BCUT2D eigenvalue weighted by atomic mass is 16.5. The quantitative estimate of drug-likeness (QED) is 0.551. The van der Waals surface area contributed by atoms with Crippen molar-refractivity contribution >= 4 is 0 Å². The maximum absolute atomic E-state index is 9.89. The molecule has 1 aromatic carbocycles. The van der Waals surface area contributed by atoms with E-state index >= 15 is 0 Å². The van der Waals surface area contributed by atoms with Gasteiger partial charge >= 0.3 is 0 Å². The summed E-state index contributed by atoms with van der Waals surface area (Å²) in [7, 11) is 1.76. The number of hydrogen-bond acceptors (Lipinski definition) is 7. The first-order valence-electron chi connectivity index (χ1n) is 9.60. The van der Waals surface area contributed by atoms with Crippen LogP contribution in [0.4, 0.5) is 0 Å². The van der Waals surface area contributed by atoms with Crippen LogP contribution in [0.5, 0.6) is 5.88 Å². The molecular weight excluding hydrogens is 392 g/mol. The SMILES string of the molecule is Cc1nccn1-c1ccc(C2C(C#N)=C(N)Oc3c2c(-c2ncccn2)nn3C)cc1. The number of nitrogens with zero attached hydrogens (tertiary/aromatic N) is 7. The van der Waals surface area contributed by atoms with E-state index in [1.54, 1.807) is 36.4 Å². The van der Waals surface area contributed by atoms with E-state index in [-0.39, 0.29) is 5.88 Å².